The lowest BCUT2D eigenvalue weighted by Gasteiger charge is -2.16. The summed E-state index contributed by atoms with van der Waals surface area (Å²) >= 11 is 0. The van der Waals surface area contributed by atoms with Crippen LogP contribution in [-0.2, 0) is 9.53 Å². The molecule has 0 aliphatic carbocycles. The van der Waals surface area contributed by atoms with Gasteiger partial charge in [-0.25, -0.2) is 19.6 Å². The van der Waals surface area contributed by atoms with Crippen molar-refractivity contribution in [3.8, 4) is 17.2 Å². The van der Waals surface area contributed by atoms with E-state index in [0.29, 0.717) is 21.8 Å². The average molecular weight is 504 g/mol. The number of aromatic carboxylic acids is 1. The number of benzene rings is 2. The van der Waals surface area contributed by atoms with E-state index in [9.17, 15) is 24.6 Å². The molecule has 0 atom stereocenters. The minimum Gasteiger partial charge on any atom is -0.504 e. The van der Waals surface area contributed by atoms with Gasteiger partial charge in [0.2, 0.25) is 0 Å². The van der Waals surface area contributed by atoms with Crippen molar-refractivity contribution in [2.24, 2.45) is 0 Å². The number of para-hydroxylation sites is 2. The molecule has 190 valence electrons. The molecule has 2 aromatic heterocycles. The van der Waals surface area contributed by atoms with E-state index in [4.69, 9.17) is 14.2 Å². The summed E-state index contributed by atoms with van der Waals surface area (Å²) in [4.78, 5) is 45.3. The van der Waals surface area contributed by atoms with Crippen molar-refractivity contribution in [1.82, 2.24) is 9.97 Å². The van der Waals surface area contributed by atoms with Crippen LogP contribution < -0.4 is 9.47 Å². The lowest BCUT2D eigenvalue weighted by molar-refractivity contribution is -0.143. The number of hydrogen-bond donors (Lipinski definition) is 2. The summed E-state index contributed by atoms with van der Waals surface area (Å²) in [6.07, 6.45) is 0.366. The zero-order valence-corrected chi connectivity index (χ0v) is 20.2. The van der Waals surface area contributed by atoms with Crippen LogP contribution in [0.2, 0.25) is 0 Å². The molecule has 2 heterocycles. The smallest absolute Gasteiger partial charge is 0.366 e. The highest BCUT2D eigenvalue weighted by Gasteiger charge is 2.26. The van der Waals surface area contributed by atoms with E-state index in [2.05, 4.69) is 9.97 Å². The predicted octanol–water partition coefficient (Wildman–Crippen LogP) is 4.44. The van der Waals surface area contributed by atoms with Crippen LogP contribution in [0.25, 0.3) is 21.8 Å². The van der Waals surface area contributed by atoms with Gasteiger partial charge >= 0.3 is 17.9 Å². The van der Waals surface area contributed by atoms with Crippen molar-refractivity contribution in [3.63, 3.8) is 0 Å². The van der Waals surface area contributed by atoms with Gasteiger partial charge in [0.1, 0.15) is 5.75 Å². The number of pyridine rings is 2. The maximum absolute atomic E-state index is 13.4. The van der Waals surface area contributed by atoms with E-state index in [1.54, 1.807) is 55.5 Å². The first-order valence-electron chi connectivity index (χ1n) is 11.6. The number of esters is 2. The number of nitrogens with zero attached hydrogens (tertiary/aromatic N) is 2. The fraction of sp³-hybridized carbons (Fsp3) is 0.222. The lowest BCUT2D eigenvalue weighted by Crippen LogP contribution is -2.16. The summed E-state index contributed by atoms with van der Waals surface area (Å²) in [6.45, 7) is 3.45. The predicted molar refractivity (Wildman–Crippen MR) is 133 cm³/mol. The fourth-order valence-electron chi connectivity index (χ4n) is 3.83. The van der Waals surface area contributed by atoms with Gasteiger partial charge in [-0.3, -0.25) is 4.79 Å². The molecule has 4 aromatic rings. The third-order valence-corrected chi connectivity index (χ3v) is 5.57. The van der Waals surface area contributed by atoms with Gasteiger partial charge in [0, 0.05) is 22.8 Å². The summed E-state index contributed by atoms with van der Waals surface area (Å²) in [5.41, 5.74) is 0.253. The zero-order chi connectivity index (χ0) is 26.5. The van der Waals surface area contributed by atoms with Crippen LogP contribution in [0.5, 0.6) is 17.2 Å². The van der Waals surface area contributed by atoms with Gasteiger partial charge in [-0.2, -0.15) is 0 Å². The van der Waals surface area contributed by atoms with E-state index in [-0.39, 0.29) is 66.2 Å². The number of fused-ring (bicyclic) bond motifs is 2. The number of carboxylic acids is 1. The van der Waals surface area contributed by atoms with Gasteiger partial charge in [0.15, 0.2) is 22.9 Å². The minimum absolute atomic E-state index is 0.00689. The van der Waals surface area contributed by atoms with Gasteiger partial charge in [-0.05, 0) is 44.5 Å². The topological polar surface area (TPSA) is 145 Å². The molecular weight excluding hydrogens is 480 g/mol. The molecule has 2 N–H and O–H groups in total. The molecule has 0 aliphatic heterocycles. The molecule has 0 unspecified atom stereocenters. The third-order valence-electron chi connectivity index (χ3n) is 5.57. The summed E-state index contributed by atoms with van der Waals surface area (Å²) in [7, 11) is 0. The molecule has 0 fully saturated rings. The van der Waals surface area contributed by atoms with E-state index in [1.807, 2.05) is 0 Å². The number of aromatic nitrogens is 2. The Balaban J connectivity index is 1.73. The van der Waals surface area contributed by atoms with Gasteiger partial charge in [0.05, 0.1) is 24.2 Å². The number of carbonyl (C=O) groups excluding carboxylic acids is 2. The summed E-state index contributed by atoms with van der Waals surface area (Å²) in [6, 6.07) is 13.3. The number of rotatable bonds is 9. The van der Waals surface area contributed by atoms with Crippen LogP contribution in [0.3, 0.4) is 0 Å². The Morgan fingerprint density at radius 1 is 0.892 bits per heavy atom. The number of hydrogen-bond acceptors (Lipinski definition) is 9. The van der Waals surface area contributed by atoms with Crippen molar-refractivity contribution in [1.29, 1.82) is 0 Å². The second-order valence-electron chi connectivity index (χ2n) is 8.04. The van der Waals surface area contributed by atoms with Crippen molar-refractivity contribution in [2.75, 3.05) is 13.2 Å². The van der Waals surface area contributed by atoms with Crippen LogP contribution >= 0.6 is 0 Å². The van der Waals surface area contributed by atoms with Gasteiger partial charge in [0.25, 0.3) is 0 Å². The second-order valence-corrected chi connectivity index (χ2v) is 8.04. The minimum atomic E-state index is -1.27. The molecule has 0 bridgehead atoms. The Bertz CT molecular complexity index is 1520. The van der Waals surface area contributed by atoms with Crippen LogP contribution in [0.4, 0.5) is 0 Å². The number of carboxylic acid groups (broad SMARTS) is 1. The Kier molecular flexibility index (Phi) is 7.47. The SMILES string of the molecule is CCOC(=O)CCCOc1c(C(=O)Oc2c(C)c(C(=O)O)nc3ccccc23)nc2ccccc2c1O. The number of ether oxygens (including phenoxy) is 3. The molecule has 0 saturated carbocycles. The molecule has 37 heavy (non-hydrogen) atoms. The maximum atomic E-state index is 13.4. The van der Waals surface area contributed by atoms with Crippen molar-refractivity contribution in [2.45, 2.75) is 26.7 Å². The maximum Gasteiger partial charge on any atom is 0.366 e. The normalized spacial score (nSPS) is 10.9. The van der Waals surface area contributed by atoms with Crippen LogP contribution in [0, 0.1) is 6.92 Å². The Labute approximate surface area is 211 Å². The highest BCUT2D eigenvalue weighted by Crippen LogP contribution is 2.38. The van der Waals surface area contributed by atoms with Gasteiger partial charge < -0.3 is 24.4 Å². The van der Waals surface area contributed by atoms with Crippen LogP contribution in [0.1, 0.15) is 46.3 Å². The molecule has 10 heteroatoms. The Hall–Kier alpha value is -4.73. The van der Waals surface area contributed by atoms with E-state index in [1.165, 1.54) is 6.92 Å². The molecule has 0 aliphatic rings. The highest BCUT2D eigenvalue weighted by atomic mass is 16.5. The lowest BCUT2D eigenvalue weighted by atomic mass is 10.1. The quantitative estimate of drug-likeness (QED) is 0.248. The largest absolute Gasteiger partial charge is 0.504 e. The average Bonchev–Trinajstić information content (AvgIpc) is 2.89. The monoisotopic (exact) mass is 504 g/mol. The first-order valence-corrected chi connectivity index (χ1v) is 11.6. The van der Waals surface area contributed by atoms with Crippen LogP contribution in [0.15, 0.2) is 48.5 Å². The molecule has 10 nitrogen and oxygen atoms in total. The zero-order valence-electron chi connectivity index (χ0n) is 20.2. The van der Waals surface area contributed by atoms with E-state index >= 15 is 0 Å². The summed E-state index contributed by atoms with van der Waals surface area (Å²) in [5.74, 6) is -3.13. The first kappa shape index (κ1) is 25.4. The van der Waals surface area contributed by atoms with Crippen molar-refractivity contribution >= 4 is 39.7 Å². The van der Waals surface area contributed by atoms with E-state index in [0.717, 1.165) is 0 Å². The molecule has 0 amide bonds. The van der Waals surface area contributed by atoms with Crippen molar-refractivity contribution < 1.29 is 38.8 Å². The first-order chi connectivity index (χ1) is 17.8. The Morgan fingerprint density at radius 2 is 1.51 bits per heavy atom. The van der Waals surface area contributed by atoms with Crippen LogP contribution in [-0.4, -0.2) is 51.3 Å². The van der Waals surface area contributed by atoms with E-state index < -0.39 is 11.9 Å². The van der Waals surface area contributed by atoms with Gasteiger partial charge in [-0.1, -0.05) is 24.3 Å². The van der Waals surface area contributed by atoms with Crippen molar-refractivity contribution in [3.05, 3.63) is 65.5 Å². The molecule has 0 radical (unpaired) electrons. The second kappa shape index (κ2) is 10.9. The molecule has 0 saturated heterocycles. The highest BCUT2D eigenvalue weighted by molar-refractivity contribution is 6.02. The molecule has 2 aromatic carbocycles. The fourth-order valence-corrected chi connectivity index (χ4v) is 3.83. The summed E-state index contributed by atoms with van der Waals surface area (Å²) < 4.78 is 16.3. The molecule has 0 spiro atoms. The van der Waals surface area contributed by atoms with Gasteiger partial charge in [-0.15, -0.1) is 0 Å². The summed E-state index contributed by atoms with van der Waals surface area (Å²) in [5, 5.41) is 21.3. The number of carbonyl (C=O) groups is 3. The Morgan fingerprint density at radius 3 is 2.19 bits per heavy atom. The number of aromatic hydroxyl groups is 1. The third kappa shape index (κ3) is 5.27. The molecular formula is C27H24N2O8. The standard InChI is InChI=1S/C27H24N2O8/c1-3-35-20(30)13-8-14-36-25-22(29-18-11-6-4-9-16(18)23(25)31)27(34)37-24-15(2)21(26(32)33)28-19-12-7-5-10-17(19)24/h4-7,9-12H,3,8,13-14H2,1-2H3,(H,29,31)(H,32,33). The molecule has 4 rings (SSSR count).